The number of amides is 2. The van der Waals surface area contributed by atoms with Crippen LogP contribution in [0, 0.1) is 11.8 Å². The van der Waals surface area contributed by atoms with Gasteiger partial charge in [-0.2, -0.15) is 0 Å². The number of aliphatic hydroxyl groups excluding tert-OH is 1. The van der Waals surface area contributed by atoms with Crippen LogP contribution in [0.5, 0.6) is 0 Å². The van der Waals surface area contributed by atoms with Crippen LogP contribution in [0.25, 0.3) is 0 Å². The van der Waals surface area contributed by atoms with Gasteiger partial charge in [0.2, 0.25) is 11.8 Å². The number of carbonyl (C=O) groups excluding carboxylic acids is 2. The molecule has 2 heterocycles. The lowest BCUT2D eigenvalue weighted by molar-refractivity contribution is -0.133. The molecule has 0 spiro atoms. The highest BCUT2D eigenvalue weighted by Gasteiger charge is 2.28. The molecule has 1 atom stereocenters. The minimum absolute atomic E-state index is 0.0236. The molecular weight excluding hydrogens is 292 g/mol. The van der Waals surface area contributed by atoms with Crippen molar-refractivity contribution in [2.24, 2.45) is 11.8 Å². The molecule has 2 aliphatic rings. The quantitative estimate of drug-likeness (QED) is 0.890. The van der Waals surface area contributed by atoms with Gasteiger partial charge in [0.15, 0.2) is 0 Å². The standard InChI is InChI=1S/C18H24N2O3/c21-12-13-7-9-20(10-8-13)17(22)6-5-15-11-14-3-1-2-4-16(14)19-18(15)23/h1-4,13,15,21H,5-12H2,(H,19,23). The third-order valence-corrected chi connectivity index (χ3v) is 5.04. The number of carbonyl (C=O) groups is 2. The Balaban J connectivity index is 1.51. The van der Waals surface area contributed by atoms with Crippen LogP contribution in [0.4, 0.5) is 5.69 Å². The van der Waals surface area contributed by atoms with Gasteiger partial charge in [-0.3, -0.25) is 9.59 Å². The number of hydrogen-bond donors (Lipinski definition) is 2. The lowest BCUT2D eigenvalue weighted by Crippen LogP contribution is -2.39. The fourth-order valence-electron chi connectivity index (χ4n) is 3.47. The molecule has 2 N–H and O–H groups in total. The Labute approximate surface area is 136 Å². The van der Waals surface area contributed by atoms with Gasteiger partial charge >= 0.3 is 0 Å². The summed E-state index contributed by atoms with van der Waals surface area (Å²) in [7, 11) is 0. The van der Waals surface area contributed by atoms with Crippen molar-refractivity contribution < 1.29 is 14.7 Å². The third kappa shape index (κ3) is 3.72. The Morgan fingerprint density at radius 2 is 2.00 bits per heavy atom. The molecular formula is C18H24N2O3. The molecule has 2 aliphatic heterocycles. The van der Waals surface area contributed by atoms with Crippen LogP contribution in [0.15, 0.2) is 24.3 Å². The van der Waals surface area contributed by atoms with E-state index < -0.39 is 0 Å². The third-order valence-electron chi connectivity index (χ3n) is 5.04. The highest BCUT2D eigenvalue weighted by atomic mass is 16.3. The van der Waals surface area contributed by atoms with Gasteiger partial charge in [0.1, 0.15) is 0 Å². The number of piperidine rings is 1. The van der Waals surface area contributed by atoms with Gasteiger partial charge in [0.05, 0.1) is 0 Å². The van der Waals surface area contributed by atoms with Gasteiger partial charge in [-0.15, -0.1) is 0 Å². The molecule has 0 aromatic heterocycles. The molecule has 1 aromatic carbocycles. The van der Waals surface area contributed by atoms with Crippen molar-refractivity contribution in [3.05, 3.63) is 29.8 Å². The second kappa shape index (κ2) is 7.13. The van der Waals surface area contributed by atoms with Crippen molar-refractivity contribution in [1.82, 2.24) is 4.90 Å². The zero-order chi connectivity index (χ0) is 16.2. The summed E-state index contributed by atoms with van der Waals surface area (Å²) < 4.78 is 0. The Hall–Kier alpha value is -1.88. The molecule has 3 rings (SSSR count). The van der Waals surface area contributed by atoms with Crippen molar-refractivity contribution in [2.45, 2.75) is 32.1 Å². The van der Waals surface area contributed by atoms with Crippen LogP contribution in [0.2, 0.25) is 0 Å². The number of hydrogen-bond acceptors (Lipinski definition) is 3. The number of benzene rings is 1. The number of anilines is 1. The molecule has 124 valence electrons. The Morgan fingerprint density at radius 3 is 2.74 bits per heavy atom. The summed E-state index contributed by atoms with van der Waals surface area (Å²) in [6, 6.07) is 7.84. The maximum atomic E-state index is 12.3. The van der Waals surface area contributed by atoms with E-state index in [0.717, 1.165) is 37.2 Å². The maximum Gasteiger partial charge on any atom is 0.227 e. The average molecular weight is 316 g/mol. The second-order valence-corrected chi connectivity index (χ2v) is 6.59. The fraction of sp³-hybridized carbons (Fsp3) is 0.556. The molecule has 1 fully saturated rings. The van der Waals surface area contributed by atoms with Crippen LogP contribution in [-0.2, 0) is 16.0 Å². The highest BCUT2D eigenvalue weighted by Crippen LogP contribution is 2.28. The summed E-state index contributed by atoms with van der Waals surface area (Å²) in [6.07, 6.45) is 3.48. The molecule has 1 aromatic rings. The van der Waals surface area contributed by atoms with Crippen molar-refractivity contribution in [3.63, 3.8) is 0 Å². The van der Waals surface area contributed by atoms with Gasteiger partial charge in [0, 0.05) is 37.7 Å². The number of likely N-dealkylation sites (tertiary alicyclic amines) is 1. The minimum atomic E-state index is -0.121. The number of rotatable bonds is 4. The van der Waals surface area contributed by atoms with Gasteiger partial charge < -0.3 is 15.3 Å². The number of fused-ring (bicyclic) bond motifs is 1. The molecule has 23 heavy (non-hydrogen) atoms. The van der Waals surface area contributed by atoms with Gasteiger partial charge in [-0.05, 0) is 43.2 Å². The van der Waals surface area contributed by atoms with Crippen LogP contribution in [0.1, 0.15) is 31.2 Å². The van der Waals surface area contributed by atoms with E-state index in [9.17, 15) is 9.59 Å². The molecule has 1 unspecified atom stereocenters. The monoisotopic (exact) mass is 316 g/mol. The van der Waals surface area contributed by atoms with Crippen molar-refractivity contribution in [2.75, 3.05) is 25.0 Å². The van der Waals surface area contributed by atoms with Crippen molar-refractivity contribution >= 4 is 17.5 Å². The van der Waals surface area contributed by atoms with E-state index in [1.165, 1.54) is 0 Å². The Kier molecular flexibility index (Phi) is 4.96. The van der Waals surface area contributed by atoms with E-state index in [0.29, 0.717) is 25.2 Å². The van der Waals surface area contributed by atoms with Crippen molar-refractivity contribution in [3.8, 4) is 0 Å². The molecule has 0 radical (unpaired) electrons. The lowest BCUT2D eigenvalue weighted by atomic mass is 9.89. The molecule has 1 saturated heterocycles. The fourth-order valence-corrected chi connectivity index (χ4v) is 3.47. The largest absolute Gasteiger partial charge is 0.396 e. The van der Waals surface area contributed by atoms with Gasteiger partial charge in [0.25, 0.3) is 0 Å². The van der Waals surface area contributed by atoms with E-state index in [2.05, 4.69) is 5.32 Å². The minimum Gasteiger partial charge on any atom is -0.396 e. The zero-order valence-electron chi connectivity index (χ0n) is 13.3. The van der Waals surface area contributed by atoms with E-state index >= 15 is 0 Å². The average Bonchev–Trinajstić information content (AvgIpc) is 2.59. The summed E-state index contributed by atoms with van der Waals surface area (Å²) in [4.78, 5) is 26.4. The predicted molar refractivity (Wildman–Crippen MR) is 87.9 cm³/mol. The summed E-state index contributed by atoms with van der Waals surface area (Å²) in [5.74, 6) is 0.368. The Morgan fingerprint density at radius 1 is 1.26 bits per heavy atom. The van der Waals surface area contributed by atoms with Gasteiger partial charge in [-0.25, -0.2) is 0 Å². The van der Waals surface area contributed by atoms with E-state index in [1.807, 2.05) is 29.2 Å². The van der Waals surface area contributed by atoms with Crippen LogP contribution in [-0.4, -0.2) is 41.5 Å². The lowest BCUT2D eigenvalue weighted by Gasteiger charge is -2.32. The first-order valence-electron chi connectivity index (χ1n) is 8.44. The van der Waals surface area contributed by atoms with Crippen LogP contribution < -0.4 is 5.32 Å². The summed E-state index contributed by atoms with van der Waals surface area (Å²) in [5, 5.41) is 12.1. The highest BCUT2D eigenvalue weighted by molar-refractivity contribution is 5.96. The Bertz CT molecular complexity index is 579. The van der Waals surface area contributed by atoms with Gasteiger partial charge in [-0.1, -0.05) is 18.2 Å². The predicted octanol–water partition coefficient (Wildman–Crippen LogP) is 1.81. The molecule has 0 bridgehead atoms. The number of para-hydroxylation sites is 1. The maximum absolute atomic E-state index is 12.3. The molecule has 0 saturated carbocycles. The topological polar surface area (TPSA) is 69.6 Å². The molecule has 0 aliphatic carbocycles. The molecule has 5 nitrogen and oxygen atoms in total. The molecule has 2 amide bonds. The summed E-state index contributed by atoms with van der Waals surface area (Å²) >= 11 is 0. The first kappa shape index (κ1) is 16.0. The number of nitrogens with one attached hydrogen (secondary N) is 1. The first-order valence-corrected chi connectivity index (χ1v) is 8.44. The summed E-state index contributed by atoms with van der Waals surface area (Å²) in [6.45, 7) is 1.66. The first-order chi connectivity index (χ1) is 11.2. The van der Waals surface area contributed by atoms with E-state index in [4.69, 9.17) is 5.11 Å². The SMILES string of the molecule is O=C1Nc2ccccc2CC1CCC(=O)N1CCC(CO)CC1. The van der Waals surface area contributed by atoms with E-state index in [-0.39, 0.29) is 24.3 Å². The second-order valence-electron chi connectivity index (χ2n) is 6.59. The number of aliphatic hydroxyl groups is 1. The smallest absolute Gasteiger partial charge is 0.227 e. The van der Waals surface area contributed by atoms with E-state index in [1.54, 1.807) is 0 Å². The van der Waals surface area contributed by atoms with Crippen LogP contribution in [0.3, 0.4) is 0 Å². The zero-order valence-corrected chi connectivity index (χ0v) is 13.3. The number of nitrogens with zero attached hydrogens (tertiary/aromatic N) is 1. The van der Waals surface area contributed by atoms with Crippen molar-refractivity contribution in [1.29, 1.82) is 0 Å². The molecule has 5 heteroatoms. The normalized spacial score (nSPS) is 21.7. The van der Waals surface area contributed by atoms with Crippen LogP contribution >= 0.6 is 0 Å². The summed E-state index contributed by atoms with van der Waals surface area (Å²) in [5.41, 5.74) is 2.04.